The lowest BCUT2D eigenvalue weighted by Crippen LogP contribution is -2.19. The Morgan fingerprint density at radius 3 is 2.57 bits per heavy atom. The first-order chi connectivity index (χ1) is 17.9. The zero-order chi connectivity index (χ0) is 26.2. The Morgan fingerprint density at radius 2 is 1.84 bits per heavy atom. The van der Waals surface area contributed by atoms with Gasteiger partial charge in [0.2, 0.25) is 0 Å². The number of nitro benzene ring substituents is 1. The van der Waals surface area contributed by atoms with Crippen molar-refractivity contribution in [3.8, 4) is 17.1 Å². The Kier molecular flexibility index (Phi) is 8.44. The number of amides is 1. The van der Waals surface area contributed by atoms with Crippen molar-refractivity contribution < 1.29 is 9.72 Å². The third-order valence-corrected chi connectivity index (χ3v) is 6.30. The van der Waals surface area contributed by atoms with Gasteiger partial charge in [-0.1, -0.05) is 53.2 Å². The maximum Gasteiger partial charge on any atom is 0.276 e. The van der Waals surface area contributed by atoms with Crippen molar-refractivity contribution in [2.45, 2.75) is 12.1 Å². The molecular weight excluding hydrogens is 512 g/mol. The molecule has 4 rings (SSSR count). The number of hydrogen-bond donors (Lipinski definition) is 1. The van der Waals surface area contributed by atoms with Crippen LogP contribution in [0.3, 0.4) is 0 Å². The highest BCUT2D eigenvalue weighted by Crippen LogP contribution is 2.29. The van der Waals surface area contributed by atoms with Gasteiger partial charge in [-0.15, -0.1) is 10.2 Å². The second kappa shape index (κ2) is 12.1. The molecule has 1 N–H and O–H groups in total. The number of aryl methyl sites for hydroxylation is 1. The summed E-state index contributed by atoms with van der Waals surface area (Å²) in [7, 11) is 0. The number of hydrogen-bond acceptors (Lipinski definition) is 7. The Labute approximate surface area is 222 Å². The van der Waals surface area contributed by atoms with Crippen LogP contribution in [0.5, 0.6) is 0 Å². The molecule has 0 spiro atoms. The molecule has 0 saturated carbocycles. The van der Waals surface area contributed by atoms with E-state index < -0.39 is 4.92 Å². The second-order valence-electron chi connectivity index (χ2n) is 7.76. The molecule has 4 aromatic rings. The number of thioether (sulfide) groups is 1. The minimum Gasteiger partial charge on any atom is -0.272 e. The average molecular weight is 533 g/mol. The lowest BCUT2D eigenvalue weighted by atomic mass is 10.2. The molecule has 0 aliphatic heterocycles. The van der Waals surface area contributed by atoms with Gasteiger partial charge in [-0.05, 0) is 61.5 Å². The first-order valence-electron chi connectivity index (χ1n) is 11.1. The van der Waals surface area contributed by atoms with Gasteiger partial charge in [-0.2, -0.15) is 5.10 Å². The third-order valence-electron chi connectivity index (χ3n) is 5.12. The van der Waals surface area contributed by atoms with Gasteiger partial charge in [-0.3, -0.25) is 19.5 Å². The molecule has 186 valence electrons. The largest absolute Gasteiger partial charge is 0.276 e. The van der Waals surface area contributed by atoms with E-state index in [1.54, 1.807) is 36.4 Å². The monoisotopic (exact) mass is 532 g/mol. The quantitative estimate of drug-likeness (QED) is 0.128. The smallest absolute Gasteiger partial charge is 0.272 e. The number of hydrazone groups is 1. The van der Waals surface area contributed by atoms with Gasteiger partial charge >= 0.3 is 0 Å². The van der Waals surface area contributed by atoms with Gasteiger partial charge in [0.1, 0.15) is 0 Å². The van der Waals surface area contributed by atoms with E-state index in [1.165, 1.54) is 30.1 Å². The van der Waals surface area contributed by atoms with Crippen molar-refractivity contribution in [1.29, 1.82) is 0 Å². The Balaban J connectivity index is 1.44. The van der Waals surface area contributed by atoms with Crippen LogP contribution in [0.1, 0.15) is 11.1 Å². The van der Waals surface area contributed by atoms with Crippen molar-refractivity contribution in [2.24, 2.45) is 5.10 Å². The molecule has 0 fully saturated rings. The van der Waals surface area contributed by atoms with Crippen LogP contribution in [0.25, 0.3) is 23.2 Å². The van der Waals surface area contributed by atoms with Crippen molar-refractivity contribution >= 4 is 47.2 Å². The van der Waals surface area contributed by atoms with Crippen molar-refractivity contribution in [2.75, 3.05) is 5.75 Å². The van der Waals surface area contributed by atoms with Crippen LogP contribution < -0.4 is 5.43 Å². The van der Waals surface area contributed by atoms with E-state index in [9.17, 15) is 14.9 Å². The molecule has 0 radical (unpaired) electrons. The molecule has 1 amide bonds. The molecule has 1 heterocycles. The minimum absolute atomic E-state index is 0.0109. The summed E-state index contributed by atoms with van der Waals surface area (Å²) in [6, 6.07) is 21.6. The molecule has 0 aliphatic rings. The summed E-state index contributed by atoms with van der Waals surface area (Å²) in [6.45, 7) is 2.01. The topological polar surface area (TPSA) is 115 Å². The summed E-state index contributed by atoms with van der Waals surface area (Å²) in [6.07, 6.45) is 4.42. The zero-order valence-electron chi connectivity index (χ0n) is 19.6. The van der Waals surface area contributed by atoms with E-state index in [-0.39, 0.29) is 17.3 Å². The summed E-state index contributed by atoms with van der Waals surface area (Å²) in [4.78, 5) is 23.0. The molecule has 3 aromatic carbocycles. The van der Waals surface area contributed by atoms with Crippen LogP contribution >= 0.6 is 23.4 Å². The standard InChI is InChI=1S/C26H21ClN6O3S/c1-18-8-14-22(15-9-18)32-25(20-10-12-21(27)13-11-20)30-31-26(32)37-17-24(34)29-28-16-4-6-19-5-2-3-7-23(19)33(35)36/h2-16H,17H2,1H3,(H,29,34)/b6-4-,28-16+. The van der Waals surface area contributed by atoms with Gasteiger partial charge in [-0.25, -0.2) is 5.43 Å². The van der Waals surface area contributed by atoms with Crippen LogP contribution in [0, 0.1) is 17.0 Å². The average Bonchev–Trinajstić information content (AvgIpc) is 3.32. The molecule has 11 heteroatoms. The van der Waals surface area contributed by atoms with E-state index in [0.717, 1.165) is 16.8 Å². The minimum atomic E-state index is -0.455. The van der Waals surface area contributed by atoms with Crippen molar-refractivity contribution in [3.63, 3.8) is 0 Å². The molecule has 0 aliphatic carbocycles. The molecule has 0 unspecified atom stereocenters. The van der Waals surface area contributed by atoms with E-state index in [1.807, 2.05) is 47.9 Å². The number of benzene rings is 3. The fourth-order valence-corrected chi connectivity index (χ4v) is 4.20. The lowest BCUT2D eigenvalue weighted by molar-refractivity contribution is -0.385. The van der Waals surface area contributed by atoms with Crippen LogP contribution in [-0.4, -0.2) is 37.6 Å². The highest BCUT2D eigenvalue weighted by Gasteiger charge is 2.17. The number of halogens is 1. The summed E-state index contributed by atoms with van der Waals surface area (Å²) in [5, 5.41) is 24.8. The van der Waals surface area contributed by atoms with Crippen LogP contribution in [0.2, 0.25) is 5.02 Å². The van der Waals surface area contributed by atoms with E-state index >= 15 is 0 Å². The molecule has 0 saturated heterocycles. The fourth-order valence-electron chi connectivity index (χ4n) is 3.33. The summed E-state index contributed by atoms with van der Waals surface area (Å²) < 4.78 is 1.89. The Morgan fingerprint density at radius 1 is 1.11 bits per heavy atom. The second-order valence-corrected chi connectivity index (χ2v) is 9.14. The number of allylic oxidation sites excluding steroid dienone is 1. The molecule has 0 atom stereocenters. The number of carbonyl (C=O) groups excluding carboxylic acids is 1. The van der Waals surface area contributed by atoms with Gasteiger partial charge < -0.3 is 0 Å². The van der Waals surface area contributed by atoms with Gasteiger partial charge in [0.25, 0.3) is 11.6 Å². The number of rotatable bonds is 9. The highest BCUT2D eigenvalue weighted by molar-refractivity contribution is 7.99. The maximum absolute atomic E-state index is 12.4. The lowest BCUT2D eigenvalue weighted by Gasteiger charge is -2.10. The molecule has 1 aromatic heterocycles. The Bertz CT molecular complexity index is 1470. The van der Waals surface area contributed by atoms with Gasteiger partial charge in [0.15, 0.2) is 11.0 Å². The summed E-state index contributed by atoms with van der Waals surface area (Å²) in [5.74, 6) is 0.337. The third kappa shape index (κ3) is 6.69. The Hall–Kier alpha value is -4.28. The van der Waals surface area contributed by atoms with Crippen LogP contribution in [-0.2, 0) is 4.79 Å². The summed E-state index contributed by atoms with van der Waals surface area (Å²) in [5.41, 5.74) is 5.68. The van der Waals surface area contributed by atoms with Crippen molar-refractivity contribution in [1.82, 2.24) is 20.2 Å². The predicted octanol–water partition coefficient (Wildman–Crippen LogP) is 5.71. The number of aromatic nitrogens is 3. The van der Waals surface area contributed by atoms with Gasteiger partial charge in [0.05, 0.1) is 16.2 Å². The number of nitrogens with one attached hydrogen (secondary N) is 1. The number of nitrogens with zero attached hydrogens (tertiary/aromatic N) is 5. The number of nitro groups is 1. The number of carbonyl (C=O) groups is 1. The number of para-hydroxylation sites is 1. The predicted molar refractivity (Wildman–Crippen MR) is 146 cm³/mol. The molecule has 9 nitrogen and oxygen atoms in total. The zero-order valence-corrected chi connectivity index (χ0v) is 21.2. The molecule has 37 heavy (non-hydrogen) atoms. The van der Waals surface area contributed by atoms with E-state index in [2.05, 4.69) is 20.7 Å². The first-order valence-corrected chi connectivity index (χ1v) is 12.4. The van der Waals surface area contributed by atoms with Crippen LogP contribution in [0.15, 0.2) is 89.1 Å². The van der Waals surface area contributed by atoms with E-state index in [0.29, 0.717) is 21.6 Å². The fraction of sp³-hybridized carbons (Fsp3) is 0.0769. The maximum atomic E-state index is 12.4. The van der Waals surface area contributed by atoms with E-state index in [4.69, 9.17) is 11.6 Å². The highest BCUT2D eigenvalue weighted by atomic mass is 35.5. The SMILES string of the molecule is Cc1ccc(-n2c(SCC(=O)N/N=C/C=C\c3ccccc3[N+](=O)[O-])nnc2-c2ccc(Cl)cc2)cc1. The van der Waals surface area contributed by atoms with Gasteiger partial charge in [0, 0.05) is 28.6 Å². The van der Waals surface area contributed by atoms with Crippen LogP contribution in [0.4, 0.5) is 5.69 Å². The van der Waals surface area contributed by atoms with Crippen molar-refractivity contribution in [3.05, 3.63) is 105 Å². The summed E-state index contributed by atoms with van der Waals surface area (Å²) >= 11 is 7.26. The first kappa shape index (κ1) is 25.8. The normalized spacial score (nSPS) is 11.3. The molecular formula is C26H21ClN6O3S. The molecule has 0 bridgehead atoms.